The molecule has 4 atom stereocenters. The van der Waals surface area contributed by atoms with Crippen molar-refractivity contribution in [2.45, 2.75) is 52.5 Å². The fraction of sp³-hybridized carbons (Fsp3) is 1.00. The fourth-order valence-electron chi connectivity index (χ4n) is 3.38. The summed E-state index contributed by atoms with van der Waals surface area (Å²) in [5.74, 6) is 4.11. The van der Waals surface area contributed by atoms with Gasteiger partial charge < -0.3 is 5.32 Å². The van der Waals surface area contributed by atoms with Gasteiger partial charge in [-0.2, -0.15) is 0 Å². The molecule has 2 saturated carbocycles. The van der Waals surface area contributed by atoms with Crippen molar-refractivity contribution in [1.29, 1.82) is 0 Å². The van der Waals surface area contributed by atoms with Crippen LogP contribution in [0.1, 0.15) is 46.5 Å². The van der Waals surface area contributed by atoms with Crippen LogP contribution < -0.4 is 5.32 Å². The van der Waals surface area contributed by atoms with Crippen LogP contribution in [-0.4, -0.2) is 12.6 Å². The fourth-order valence-corrected chi connectivity index (χ4v) is 3.38. The minimum atomic E-state index is 0.804. The molecule has 0 spiro atoms. The van der Waals surface area contributed by atoms with E-state index in [1.807, 2.05) is 0 Å². The molecule has 0 aliphatic heterocycles. The molecule has 0 aromatic rings. The van der Waals surface area contributed by atoms with Crippen LogP contribution >= 0.6 is 0 Å². The highest BCUT2D eigenvalue weighted by Gasteiger charge is 2.48. The minimum absolute atomic E-state index is 0.804. The van der Waals surface area contributed by atoms with Crippen LogP contribution in [-0.2, 0) is 0 Å². The third kappa shape index (κ3) is 1.98. The Bertz CT molecular complexity index is 180. The minimum Gasteiger partial charge on any atom is -0.314 e. The summed E-state index contributed by atoms with van der Waals surface area (Å²) in [5, 5.41) is 3.72. The Hall–Kier alpha value is -0.0400. The molecule has 1 heteroatoms. The van der Waals surface area contributed by atoms with Crippen molar-refractivity contribution in [3.63, 3.8) is 0 Å². The summed E-state index contributed by atoms with van der Waals surface area (Å²) in [7, 11) is 0. The quantitative estimate of drug-likeness (QED) is 0.711. The standard InChI is InChI=1S/C13H25N/c1-4-9(3)13(14-5-2)12-7-10-6-11(10)8-12/h9-14H,4-8H2,1-3H3. The molecule has 4 unspecified atom stereocenters. The molecule has 14 heavy (non-hydrogen) atoms. The molecule has 0 heterocycles. The summed E-state index contributed by atoms with van der Waals surface area (Å²) in [6, 6.07) is 0.804. The van der Waals surface area contributed by atoms with Crippen molar-refractivity contribution >= 4 is 0 Å². The second kappa shape index (κ2) is 4.22. The lowest BCUT2D eigenvalue weighted by atomic mass is 9.85. The van der Waals surface area contributed by atoms with Crippen LogP contribution in [0.2, 0.25) is 0 Å². The predicted octanol–water partition coefficient (Wildman–Crippen LogP) is 3.06. The van der Waals surface area contributed by atoms with Crippen LogP contribution in [0.15, 0.2) is 0 Å². The first kappa shape index (κ1) is 10.5. The van der Waals surface area contributed by atoms with Gasteiger partial charge in [-0.25, -0.2) is 0 Å². The van der Waals surface area contributed by atoms with Crippen molar-refractivity contribution in [2.24, 2.45) is 23.7 Å². The van der Waals surface area contributed by atoms with Crippen LogP contribution in [0.5, 0.6) is 0 Å². The van der Waals surface area contributed by atoms with Crippen LogP contribution in [0.4, 0.5) is 0 Å². The zero-order valence-corrected chi connectivity index (χ0v) is 9.92. The molecule has 0 aromatic carbocycles. The van der Waals surface area contributed by atoms with E-state index in [1.54, 1.807) is 6.42 Å². The third-order valence-corrected chi connectivity index (χ3v) is 4.48. The maximum atomic E-state index is 3.72. The van der Waals surface area contributed by atoms with Gasteiger partial charge in [0, 0.05) is 6.04 Å². The first-order valence-electron chi connectivity index (χ1n) is 6.49. The largest absolute Gasteiger partial charge is 0.314 e. The molecular weight excluding hydrogens is 170 g/mol. The summed E-state index contributed by atoms with van der Waals surface area (Å²) in [4.78, 5) is 0. The number of hydrogen-bond donors (Lipinski definition) is 1. The number of nitrogens with one attached hydrogen (secondary N) is 1. The van der Waals surface area contributed by atoms with Crippen molar-refractivity contribution in [2.75, 3.05) is 6.54 Å². The first-order chi connectivity index (χ1) is 6.76. The Kier molecular flexibility index (Phi) is 3.16. The molecule has 0 saturated heterocycles. The average Bonchev–Trinajstić information content (AvgIpc) is 2.81. The summed E-state index contributed by atoms with van der Waals surface area (Å²) < 4.78 is 0. The lowest BCUT2D eigenvalue weighted by molar-refractivity contribution is 0.256. The Morgan fingerprint density at radius 1 is 1.14 bits per heavy atom. The second-order valence-electron chi connectivity index (χ2n) is 5.46. The summed E-state index contributed by atoms with van der Waals surface area (Å²) in [5.41, 5.74) is 0. The highest BCUT2D eigenvalue weighted by molar-refractivity contribution is 4.99. The average molecular weight is 195 g/mol. The van der Waals surface area contributed by atoms with E-state index in [1.165, 1.54) is 19.3 Å². The molecule has 0 radical (unpaired) electrons. The molecular formula is C13H25N. The van der Waals surface area contributed by atoms with Gasteiger partial charge in [0.2, 0.25) is 0 Å². The molecule has 2 rings (SSSR count). The van der Waals surface area contributed by atoms with E-state index >= 15 is 0 Å². The Morgan fingerprint density at radius 2 is 1.79 bits per heavy atom. The molecule has 2 fully saturated rings. The maximum Gasteiger partial charge on any atom is 0.0121 e. The smallest absolute Gasteiger partial charge is 0.0121 e. The van der Waals surface area contributed by atoms with E-state index in [-0.39, 0.29) is 0 Å². The monoisotopic (exact) mass is 195 g/mol. The highest BCUT2D eigenvalue weighted by Crippen LogP contribution is 2.55. The Morgan fingerprint density at radius 3 is 2.29 bits per heavy atom. The molecule has 2 aliphatic carbocycles. The lowest BCUT2D eigenvalue weighted by Crippen LogP contribution is -2.40. The van der Waals surface area contributed by atoms with Gasteiger partial charge in [0.05, 0.1) is 0 Å². The first-order valence-corrected chi connectivity index (χ1v) is 6.49. The molecule has 2 aliphatic rings. The van der Waals surface area contributed by atoms with Gasteiger partial charge >= 0.3 is 0 Å². The SMILES string of the molecule is CCNC(C(C)CC)C1CC2CC2C1. The van der Waals surface area contributed by atoms with Crippen LogP contribution in [0.25, 0.3) is 0 Å². The molecule has 0 amide bonds. The van der Waals surface area contributed by atoms with Crippen molar-refractivity contribution in [3.05, 3.63) is 0 Å². The van der Waals surface area contributed by atoms with E-state index < -0.39 is 0 Å². The third-order valence-electron chi connectivity index (χ3n) is 4.48. The number of hydrogen-bond acceptors (Lipinski definition) is 1. The molecule has 0 aromatic heterocycles. The molecule has 1 N–H and O–H groups in total. The van der Waals surface area contributed by atoms with Gasteiger partial charge in [-0.3, -0.25) is 0 Å². The molecule has 1 nitrogen and oxygen atoms in total. The normalized spacial score (nSPS) is 39.2. The zero-order valence-electron chi connectivity index (χ0n) is 9.92. The highest BCUT2D eigenvalue weighted by atomic mass is 14.9. The Balaban J connectivity index is 1.88. The van der Waals surface area contributed by atoms with E-state index in [4.69, 9.17) is 0 Å². The molecule has 0 bridgehead atoms. The molecule has 82 valence electrons. The van der Waals surface area contributed by atoms with E-state index in [0.29, 0.717) is 0 Å². The van der Waals surface area contributed by atoms with Crippen molar-refractivity contribution in [3.8, 4) is 0 Å². The van der Waals surface area contributed by atoms with Crippen molar-refractivity contribution < 1.29 is 0 Å². The van der Waals surface area contributed by atoms with Gasteiger partial charge in [0.1, 0.15) is 0 Å². The van der Waals surface area contributed by atoms with E-state index in [0.717, 1.165) is 36.3 Å². The van der Waals surface area contributed by atoms with Gasteiger partial charge in [-0.05, 0) is 49.5 Å². The summed E-state index contributed by atoms with van der Waals surface area (Å²) in [6.07, 6.45) is 5.92. The second-order valence-corrected chi connectivity index (χ2v) is 5.46. The number of rotatable bonds is 5. The topological polar surface area (TPSA) is 12.0 Å². The predicted molar refractivity (Wildman–Crippen MR) is 61.2 cm³/mol. The van der Waals surface area contributed by atoms with E-state index in [9.17, 15) is 0 Å². The maximum absolute atomic E-state index is 3.72. The number of fused-ring (bicyclic) bond motifs is 1. The zero-order chi connectivity index (χ0) is 10.1. The van der Waals surface area contributed by atoms with Gasteiger partial charge in [0.25, 0.3) is 0 Å². The van der Waals surface area contributed by atoms with Gasteiger partial charge in [-0.15, -0.1) is 0 Å². The van der Waals surface area contributed by atoms with E-state index in [2.05, 4.69) is 26.1 Å². The van der Waals surface area contributed by atoms with Gasteiger partial charge in [0.15, 0.2) is 0 Å². The Labute approximate surface area is 88.7 Å². The van der Waals surface area contributed by atoms with Crippen LogP contribution in [0, 0.1) is 23.7 Å². The lowest BCUT2D eigenvalue weighted by Gasteiger charge is -2.30. The summed E-state index contributed by atoms with van der Waals surface area (Å²) >= 11 is 0. The van der Waals surface area contributed by atoms with Gasteiger partial charge in [-0.1, -0.05) is 27.2 Å². The van der Waals surface area contributed by atoms with Crippen molar-refractivity contribution in [1.82, 2.24) is 5.32 Å². The van der Waals surface area contributed by atoms with Crippen LogP contribution in [0.3, 0.4) is 0 Å². The summed E-state index contributed by atoms with van der Waals surface area (Å²) in [6.45, 7) is 8.12.